The molecular weight excluding hydrogens is 659 g/mol. The molecule has 0 atom stereocenters. The van der Waals surface area contributed by atoms with Gasteiger partial charge in [0, 0.05) is 21.2 Å². The second kappa shape index (κ2) is 15.4. The Labute approximate surface area is 261 Å². The average molecular weight is 689 g/mol. The molecule has 0 aliphatic rings. The lowest BCUT2D eigenvalue weighted by Crippen LogP contribution is -2.41. The predicted molar refractivity (Wildman–Crippen MR) is 150 cm³/mol. The molecule has 0 spiro atoms. The highest BCUT2D eigenvalue weighted by atomic mass is 32.1. The monoisotopic (exact) mass is 688 g/mol. The van der Waals surface area contributed by atoms with Crippen LogP contribution in [0.15, 0.2) is 55.1 Å². The van der Waals surface area contributed by atoms with Crippen LogP contribution in [0.5, 0.6) is 11.5 Å². The van der Waals surface area contributed by atoms with Gasteiger partial charge in [0.15, 0.2) is 0 Å². The van der Waals surface area contributed by atoms with E-state index in [0.29, 0.717) is 33.0 Å². The van der Waals surface area contributed by atoms with E-state index in [4.69, 9.17) is 4.74 Å². The van der Waals surface area contributed by atoms with Crippen LogP contribution in [0.1, 0.15) is 44.6 Å². The van der Waals surface area contributed by atoms with E-state index in [2.05, 4.69) is 25.5 Å². The zero-order valence-electron chi connectivity index (χ0n) is 24.2. The maximum absolute atomic E-state index is 14.0. The Morgan fingerprint density at radius 2 is 1.54 bits per heavy atom. The molecule has 6 nitrogen and oxygen atoms in total. The molecule has 0 aliphatic heterocycles. The molecule has 0 fully saturated rings. The largest absolute Gasteiger partial charge is 0.573 e. The van der Waals surface area contributed by atoms with Gasteiger partial charge in [-0.15, -0.1) is 33.3 Å². The van der Waals surface area contributed by atoms with Gasteiger partial charge in [-0.05, 0) is 60.2 Å². The molecular formula is C30H29F9O6S. The SMILES string of the molecule is C=CC(=O)OCCC(F)(F)OC(F)(F)OC(F)(F)CCOc1ccc2cc(-c3ccc(CCCCC)cc3OC(F)(F)F)sc2c1. The minimum Gasteiger partial charge on any atom is -0.493 e. The summed E-state index contributed by atoms with van der Waals surface area (Å²) < 4.78 is 143. The summed E-state index contributed by atoms with van der Waals surface area (Å²) in [6.45, 7) is 3.05. The highest BCUT2D eigenvalue weighted by Gasteiger charge is 2.52. The van der Waals surface area contributed by atoms with E-state index in [9.17, 15) is 44.3 Å². The van der Waals surface area contributed by atoms with Crippen molar-refractivity contribution in [3.05, 3.63) is 60.7 Å². The second-order valence-corrected chi connectivity index (χ2v) is 10.9. The summed E-state index contributed by atoms with van der Waals surface area (Å²) in [6.07, 6.45) is -18.9. The number of aryl methyl sites for hydroxylation is 1. The summed E-state index contributed by atoms with van der Waals surface area (Å²) in [4.78, 5) is 11.3. The fourth-order valence-electron chi connectivity index (χ4n) is 4.04. The molecule has 0 unspecified atom stereocenters. The smallest absolute Gasteiger partial charge is 0.493 e. The summed E-state index contributed by atoms with van der Waals surface area (Å²) in [5.74, 6) is -1.48. The Bertz CT molecular complexity index is 1470. The average Bonchev–Trinajstić information content (AvgIpc) is 3.34. The van der Waals surface area contributed by atoms with Crippen molar-refractivity contribution in [1.82, 2.24) is 0 Å². The summed E-state index contributed by atoms with van der Waals surface area (Å²) >= 11 is 1.07. The number of fused-ring (bicyclic) bond motifs is 1. The van der Waals surface area contributed by atoms with E-state index >= 15 is 0 Å². The Morgan fingerprint density at radius 3 is 2.17 bits per heavy atom. The van der Waals surface area contributed by atoms with Gasteiger partial charge in [-0.25, -0.2) is 14.3 Å². The van der Waals surface area contributed by atoms with Crippen LogP contribution >= 0.6 is 11.3 Å². The molecule has 16 heteroatoms. The zero-order chi connectivity index (χ0) is 34.2. The molecule has 0 saturated carbocycles. The number of rotatable bonds is 18. The quantitative estimate of drug-likeness (QED) is 0.0436. The number of thiophene rings is 1. The van der Waals surface area contributed by atoms with Crippen LogP contribution in [0.4, 0.5) is 39.5 Å². The van der Waals surface area contributed by atoms with Gasteiger partial charge in [0.05, 0.1) is 26.1 Å². The highest BCUT2D eigenvalue weighted by molar-refractivity contribution is 7.22. The molecule has 0 amide bonds. The number of esters is 1. The van der Waals surface area contributed by atoms with Gasteiger partial charge >= 0.3 is 30.8 Å². The van der Waals surface area contributed by atoms with Gasteiger partial charge < -0.3 is 14.2 Å². The number of halogens is 9. The normalized spacial score (nSPS) is 12.7. The maximum Gasteiger partial charge on any atom is 0.573 e. The standard InChI is InChI=1S/C30H29F9O6S/c1-3-5-6-7-19-8-11-22(23(16-19)43-29(35,36)37)25-17-20-9-10-21(18-24(20)46-25)41-14-12-27(31,32)44-30(38,39)45-28(33,34)13-15-42-26(40)4-2/h4,8-11,16-18H,2-3,5-7,12-15H2,1H3. The number of ether oxygens (including phenoxy) is 5. The van der Waals surface area contributed by atoms with Gasteiger partial charge in [-0.2, -0.15) is 17.6 Å². The lowest BCUT2D eigenvalue weighted by atomic mass is 10.0. The van der Waals surface area contributed by atoms with Crippen molar-refractivity contribution >= 4 is 27.4 Å². The fraction of sp³-hybridized carbons (Fsp3) is 0.433. The first-order valence-electron chi connectivity index (χ1n) is 13.8. The van der Waals surface area contributed by atoms with Crippen LogP contribution in [0.2, 0.25) is 0 Å². The number of carbonyl (C=O) groups is 1. The van der Waals surface area contributed by atoms with Crippen molar-refractivity contribution in [3.63, 3.8) is 0 Å². The highest BCUT2D eigenvalue weighted by Crippen LogP contribution is 2.42. The summed E-state index contributed by atoms with van der Waals surface area (Å²) in [5.41, 5.74) is 0.863. The molecule has 254 valence electrons. The molecule has 3 rings (SSSR count). The van der Waals surface area contributed by atoms with E-state index in [-0.39, 0.29) is 17.1 Å². The van der Waals surface area contributed by atoms with E-state index in [1.165, 1.54) is 30.3 Å². The van der Waals surface area contributed by atoms with E-state index in [1.54, 1.807) is 12.1 Å². The first-order valence-corrected chi connectivity index (χ1v) is 14.6. The van der Waals surface area contributed by atoms with Crippen molar-refractivity contribution in [1.29, 1.82) is 0 Å². The third kappa shape index (κ3) is 12.0. The molecule has 1 heterocycles. The molecule has 2 aromatic carbocycles. The number of benzene rings is 2. The third-order valence-electron chi connectivity index (χ3n) is 6.10. The van der Waals surface area contributed by atoms with Crippen LogP contribution in [0.25, 0.3) is 20.5 Å². The van der Waals surface area contributed by atoms with Gasteiger partial charge in [0.2, 0.25) is 0 Å². The van der Waals surface area contributed by atoms with Crippen molar-refractivity contribution in [2.24, 2.45) is 0 Å². The third-order valence-corrected chi connectivity index (χ3v) is 7.23. The van der Waals surface area contributed by atoms with Crippen LogP contribution < -0.4 is 9.47 Å². The molecule has 0 bridgehead atoms. The van der Waals surface area contributed by atoms with Crippen molar-refractivity contribution in [2.45, 2.75) is 70.3 Å². The lowest BCUT2D eigenvalue weighted by Gasteiger charge is -2.26. The first-order chi connectivity index (χ1) is 21.4. The van der Waals surface area contributed by atoms with Crippen LogP contribution in [0, 0.1) is 0 Å². The topological polar surface area (TPSA) is 63.2 Å². The Morgan fingerprint density at radius 1 is 0.870 bits per heavy atom. The zero-order valence-corrected chi connectivity index (χ0v) is 25.1. The Balaban J connectivity index is 1.64. The van der Waals surface area contributed by atoms with E-state index < -0.39 is 56.9 Å². The number of unbranched alkanes of at least 4 members (excludes halogenated alkanes) is 2. The number of alkyl halides is 9. The van der Waals surface area contributed by atoms with Crippen LogP contribution in [-0.2, 0) is 25.4 Å². The van der Waals surface area contributed by atoms with Gasteiger partial charge in [0.25, 0.3) is 0 Å². The number of hydrogen-bond donors (Lipinski definition) is 0. The molecule has 0 aliphatic carbocycles. The number of hydrogen-bond acceptors (Lipinski definition) is 7. The first kappa shape index (κ1) is 37.0. The maximum atomic E-state index is 14.0. The predicted octanol–water partition coefficient (Wildman–Crippen LogP) is 9.86. The summed E-state index contributed by atoms with van der Waals surface area (Å²) in [7, 11) is 0. The molecule has 1 aromatic heterocycles. The minimum atomic E-state index is -5.43. The number of carbonyl (C=O) groups excluding carboxylic acids is 1. The molecule has 0 saturated heterocycles. The fourth-order valence-corrected chi connectivity index (χ4v) is 5.16. The summed E-state index contributed by atoms with van der Waals surface area (Å²) in [5, 5.41) is 0.586. The second-order valence-electron chi connectivity index (χ2n) is 9.81. The van der Waals surface area contributed by atoms with E-state index in [0.717, 1.165) is 30.6 Å². The van der Waals surface area contributed by atoms with Gasteiger partial charge in [0.1, 0.15) is 11.5 Å². The van der Waals surface area contributed by atoms with Crippen LogP contribution in [0.3, 0.4) is 0 Å². The van der Waals surface area contributed by atoms with Crippen molar-refractivity contribution < 1.29 is 68.0 Å². The van der Waals surface area contributed by atoms with Gasteiger partial charge in [-0.3, -0.25) is 0 Å². The molecule has 0 N–H and O–H groups in total. The Hall–Kier alpha value is -3.50. The Kier molecular flexibility index (Phi) is 12.4. The van der Waals surface area contributed by atoms with Crippen LogP contribution in [-0.4, -0.2) is 44.1 Å². The van der Waals surface area contributed by atoms with Crippen molar-refractivity contribution in [3.8, 4) is 21.9 Å². The molecule has 0 radical (unpaired) electrons. The lowest BCUT2D eigenvalue weighted by molar-refractivity contribution is -0.514. The van der Waals surface area contributed by atoms with Crippen molar-refractivity contribution in [2.75, 3.05) is 13.2 Å². The summed E-state index contributed by atoms with van der Waals surface area (Å²) in [6, 6.07) is 10.5. The minimum absolute atomic E-state index is 0.0124. The molecule has 3 aromatic rings. The van der Waals surface area contributed by atoms with E-state index in [1.807, 2.05) is 6.92 Å². The van der Waals surface area contributed by atoms with Gasteiger partial charge in [-0.1, -0.05) is 32.4 Å². The molecule has 46 heavy (non-hydrogen) atoms.